The molecule has 0 radical (unpaired) electrons. The van der Waals surface area contributed by atoms with Crippen molar-refractivity contribution in [3.8, 4) is 0 Å². The van der Waals surface area contributed by atoms with Gasteiger partial charge in [-0.25, -0.2) is 9.97 Å². The van der Waals surface area contributed by atoms with E-state index in [4.69, 9.17) is 4.74 Å². The van der Waals surface area contributed by atoms with Gasteiger partial charge in [0, 0.05) is 18.1 Å². The molecule has 1 heterocycles. The maximum atomic E-state index is 11.3. The molecule has 0 bridgehead atoms. The Balaban J connectivity index is 1.85. The van der Waals surface area contributed by atoms with E-state index in [9.17, 15) is 4.79 Å². The Bertz CT molecular complexity index is 406. The van der Waals surface area contributed by atoms with E-state index in [1.54, 1.807) is 24.2 Å². The Hall–Kier alpha value is -0.620. The van der Waals surface area contributed by atoms with Gasteiger partial charge in [-0.1, -0.05) is 11.8 Å². The molecular formula is C11H13BrN2O2S. The number of aromatic nitrogens is 2. The van der Waals surface area contributed by atoms with E-state index in [-0.39, 0.29) is 11.4 Å². The highest BCUT2D eigenvalue weighted by atomic mass is 79.9. The average Bonchev–Trinajstić information content (AvgIpc) is 3.09. The zero-order valence-corrected chi connectivity index (χ0v) is 11.9. The molecule has 6 heteroatoms. The lowest BCUT2D eigenvalue weighted by Crippen LogP contribution is -2.13. The largest absolute Gasteiger partial charge is 0.469 e. The van der Waals surface area contributed by atoms with Crippen LogP contribution in [0, 0.1) is 5.41 Å². The molecular weight excluding hydrogens is 304 g/mol. The number of carbonyl (C=O) groups excluding carboxylic acids is 1. The molecule has 0 N–H and O–H groups in total. The standard InChI is InChI=1S/C11H13BrN2O2S/c1-16-9(15)4-11(2-3-11)7-17-10-13-5-8(12)6-14-10/h5-6H,2-4,7H2,1H3. The molecule has 2 rings (SSSR count). The van der Waals surface area contributed by atoms with Gasteiger partial charge in [-0.2, -0.15) is 0 Å². The highest BCUT2D eigenvalue weighted by Crippen LogP contribution is 2.51. The lowest BCUT2D eigenvalue weighted by Gasteiger charge is -2.11. The van der Waals surface area contributed by atoms with Crippen molar-refractivity contribution in [3.05, 3.63) is 16.9 Å². The second kappa shape index (κ2) is 5.35. The Labute approximate surface area is 113 Å². The van der Waals surface area contributed by atoms with E-state index < -0.39 is 0 Å². The molecule has 0 saturated heterocycles. The minimum atomic E-state index is -0.125. The number of rotatable bonds is 5. The van der Waals surface area contributed by atoms with E-state index >= 15 is 0 Å². The number of ether oxygens (including phenoxy) is 1. The van der Waals surface area contributed by atoms with Gasteiger partial charge in [-0.05, 0) is 34.2 Å². The van der Waals surface area contributed by atoms with Gasteiger partial charge < -0.3 is 4.74 Å². The van der Waals surface area contributed by atoms with E-state index in [1.807, 2.05) is 0 Å². The van der Waals surface area contributed by atoms with Crippen molar-refractivity contribution >= 4 is 33.7 Å². The van der Waals surface area contributed by atoms with Crippen molar-refractivity contribution in [2.75, 3.05) is 12.9 Å². The molecule has 1 aliphatic carbocycles. The Kier molecular flexibility index (Phi) is 4.04. The highest BCUT2D eigenvalue weighted by Gasteiger charge is 2.44. The molecule has 0 aromatic carbocycles. The molecule has 1 aromatic heterocycles. The monoisotopic (exact) mass is 316 g/mol. The fraction of sp³-hybridized carbons (Fsp3) is 0.545. The smallest absolute Gasteiger partial charge is 0.306 e. The zero-order chi connectivity index (χ0) is 12.3. The van der Waals surface area contributed by atoms with E-state index in [0.717, 1.165) is 28.2 Å². The Morgan fingerprint density at radius 2 is 2.18 bits per heavy atom. The average molecular weight is 317 g/mol. The third-order valence-corrected chi connectivity index (χ3v) is 4.44. The van der Waals surface area contributed by atoms with Crippen molar-refractivity contribution in [2.45, 2.75) is 24.4 Å². The van der Waals surface area contributed by atoms with Crippen molar-refractivity contribution in [2.24, 2.45) is 5.41 Å². The summed E-state index contributed by atoms with van der Waals surface area (Å²) in [6, 6.07) is 0. The van der Waals surface area contributed by atoms with Crippen LogP contribution < -0.4 is 0 Å². The number of hydrogen-bond acceptors (Lipinski definition) is 5. The molecule has 92 valence electrons. The van der Waals surface area contributed by atoms with E-state index in [0.29, 0.717) is 6.42 Å². The Morgan fingerprint density at radius 3 is 2.71 bits per heavy atom. The number of halogens is 1. The van der Waals surface area contributed by atoms with Crippen LogP contribution >= 0.6 is 27.7 Å². The van der Waals surface area contributed by atoms with Crippen LogP contribution in [0.5, 0.6) is 0 Å². The maximum absolute atomic E-state index is 11.3. The summed E-state index contributed by atoms with van der Waals surface area (Å²) in [6.45, 7) is 0. The van der Waals surface area contributed by atoms with E-state index in [1.165, 1.54) is 7.11 Å². The zero-order valence-electron chi connectivity index (χ0n) is 9.48. The van der Waals surface area contributed by atoms with Crippen molar-refractivity contribution < 1.29 is 9.53 Å². The second-order valence-electron chi connectivity index (χ2n) is 4.23. The van der Waals surface area contributed by atoms with Crippen LogP contribution in [-0.2, 0) is 9.53 Å². The Morgan fingerprint density at radius 1 is 1.53 bits per heavy atom. The maximum Gasteiger partial charge on any atom is 0.306 e. The third kappa shape index (κ3) is 3.67. The fourth-order valence-electron chi connectivity index (χ4n) is 1.52. The van der Waals surface area contributed by atoms with Gasteiger partial charge in [-0.3, -0.25) is 4.79 Å². The van der Waals surface area contributed by atoms with Crippen molar-refractivity contribution in [3.63, 3.8) is 0 Å². The molecule has 0 unspecified atom stereocenters. The number of esters is 1. The third-order valence-electron chi connectivity index (χ3n) is 2.81. The first-order valence-corrected chi connectivity index (χ1v) is 7.09. The van der Waals surface area contributed by atoms with Crippen LogP contribution in [0.4, 0.5) is 0 Å². The minimum Gasteiger partial charge on any atom is -0.469 e. The van der Waals surface area contributed by atoms with Crippen LogP contribution in [0.25, 0.3) is 0 Å². The molecule has 17 heavy (non-hydrogen) atoms. The summed E-state index contributed by atoms with van der Waals surface area (Å²) in [7, 11) is 1.43. The molecule has 0 amide bonds. The van der Waals surface area contributed by atoms with Crippen molar-refractivity contribution in [1.82, 2.24) is 9.97 Å². The van der Waals surface area contributed by atoms with Gasteiger partial charge in [0.05, 0.1) is 18.0 Å². The van der Waals surface area contributed by atoms with Crippen LogP contribution in [0.2, 0.25) is 0 Å². The van der Waals surface area contributed by atoms with Gasteiger partial charge in [0.1, 0.15) is 0 Å². The lowest BCUT2D eigenvalue weighted by atomic mass is 10.1. The number of methoxy groups -OCH3 is 1. The molecule has 4 nitrogen and oxygen atoms in total. The van der Waals surface area contributed by atoms with Crippen LogP contribution in [0.15, 0.2) is 22.0 Å². The van der Waals surface area contributed by atoms with Crippen LogP contribution in [-0.4, -0.2) is 28.8 Å². The molecule has 1 fully saturated rings. The fourth-order valence-corrected chi connectivity index (χ4v) is 2.81. The number of carbonyl (C=O) groups is 1. The molecule has 1 saturated carbocycles. The summed E-state index contributed by atoms with van der Waals surface area (Å²) >= 11 is 4.90. The van der Waals surface area contributed by atoms with Gasteiger partial charge in [-0.15, -0.1) is 0 Å². The van der Waals surface area contributed by atoms with Gasteiger partial charge in [0.25, 0.3) is 0 Å². The summed E-state index contributed by atoms with van der Waals surface area (Å²) < 4.78 is 5.58. The second-order valence-corrected chi connectivity index (χ2v) is 6.08. The first-order valence-electron chi connectivity index (χ1n) is 5.31. The van der Waals surface area contributed by atoms with Gasteiger partial charge in [0.2, 0.25) is 0 Å². The van der Waals surface area contributed by atoms with Crippen LogP contribution in [0.1, 0.15) is 19.3 Å². The predicted molar refractivity (Wildman–Crippen MR) is 68.8 cm³/mol. The summed E-state index contributed by atoms with van der Waals surface area (Å²) in [4.78, 5) is 19.6. The molecule has 0 aliphatic heterocycles. The topological polar surface area (TPSA) is 52.1 Å². The van der Waals surface area contributed by atoms with Gasteiger partial charge >= 0.3 is 5.97 Å². The number of nitrogens with zero attached hydrogens (tertiary/aromatic N) is 2. The lowest BCUT2D eigenvalue weighted by molar-refractivity contribution is -0.141. The van der Waals surface area contributed by atoms with Crippen molar-refractivity contribution in [1.29, 1.82) is 0 Å². The first-order chi connectivity index (χ1) is 8.13. The molecule has 0 spiro atoms. The minimum absolute atomic E-state index is 0.119. The summed E-state index contributed by atoms with van der Waals surface area (Å²) in [5.74, 6) is 0.754. The van der Waals surface area contributed by atoms with Crippen LogP contribution in [0.3, 0.4) is 0 Å². The number of thioether (sulfide) groups is 1. The molecule has 1 aromatic rings. The van der Waals surface area contributed by atoms with E-state index in [2.05, 4.69) is 25.9 Å². The normalized spacial score (nSPS) is 16.6. The quantitative estimate of drug-likeness (QED) is 0.475. The summed E-state index contributed by atoms with van der Waals surface area (Å²) in [5.41, 5.74) is 0.119. The molecule has 1 aliphatic rings. The highest BCUT2D eigenvalue weighted by molar-refractivity contribution is 9.10. The predicted octanol–water partition coefficient (Wildman–Crippen LogP) is 2.67. The number of hydrogen-bond donors (Lipinski definition) is 0. The van der Waals surface area contributed by atoms with Gasteiger partial charge in [0.15, 0.2) is 5.16 Å². The first kappa shape index (κ1) is 12.8. The summed E-state index contributed by atoms with van der Waals surface area (Å²) in [5, 5.41) is 0.754. The summed E-state index contributed by atoms with van der Waals surface area (Å²) in [6.07, 6.45) is 6.15. The SMILES string of the molecule is COC(=O)CC1(CSc2ncc(Br)cn2)CC1. The molecule has 0 atom stereocenters.